The standard InChI is InChI=1S/C14H15NO2/c1-2-9-15-10-11(7-8-14(16)17)12-5-3-4-6-13(12)15/h2-6,10H,1,7-9H2,(H,16,17). The van der Waals surface area contributed by atoms with Crippen LogP contribution in [0, 0.1) is 0 Å². The van der Waals surface area contributed by atoms with Gasteiger partial charge in [-0.15, -0.1) is 6.58 Å². The van der Waals surface area contributed by atoms with Crippen LogP contribution in [-0.2, 0) is 17.8 Å². The van der Waals surface area contributed by atoms with Crippen LogP contribution >= 0.6 is 0 Å². The number of fused-ring (bicyclic) bond motifs is 1. The maximum Gasteiger partial charge on any atom is 0.303 e. The minimum Gasteiger partial charge on any atom is -0.481 e. The first-order valence-corrected chi connectivity index (χ1v) is 5.62. The fraction of sp³-hybridized carbons (Fsp3) is 0.214. The largest absolute Gasteiger partial charge is 0.481 e. The smallest absolute Gasteiger partial charge is 0.303 e. The molecule has 0 aliphatic rings. The van der Waals surface area contributed by atoms with Crippen molar-refractivity contribution in [2.24, 2.45) is 0 Å². The van der Waals surface area contributed by atoms with Gasteiger partial charge in [-0.25, -0.2) is 0 Å². The van der Waals surface area contributed by atoms with Crippen molar-refractivity contribution in [3.05, 3.63) is 48.7 Å². The first-order valence-electron chi connectivity index (χ1n) is 5.62. The second kappa shape index (κ2) is 4.87. The number of allylic oxidation sites excluding steroid dienone is 1. The molecule has 0 aliphatic heterocycles. The number of carboxylic acids is 1. The summed E-state index contributed by atoms with van der Waals surface area (Å²) in [5.74, 6) is -0.759. The Bertz CT molecular complexity index is 554. The van der Waals surface area contributed by atoms with E-state index in [1.807, 2.05) is 36.5 Å². The van der Waals surface area contributed by atoms with Crippen molar-refractivity contribution in [3.63, 3.8) is 0 Å². The number of carboxylic acid groups (broad SMARTS) is 1. The Kier molecular flexibility index (Phi) is 3.28. The van der Waals surface area contributed by atoms with Crippen LogP contribution in [0.1, 0.15) is 12.0 Å². The van der Waals surface area contributed by atoms with Crippen molar-refractivity contribution in [2.45, 2.75) is 19.4 Å². The van der Waals surface area contributed by atoms with Gasteiger partial charge >= 0.3 is 5.97 Å². The predicted molar refractivity (Wildman–Crippen MR) is 68.1 cm³/mol. The van der Waals surface area contributed by atoms with E-state index in [1.165, 1.54) is 0 Å². The molecule has 1 heterocycles. The first-order chi connectivity index (χ1) is 8.22. The molecule has 2 rings (SSSR count). The molecule has 1 aromatic heterocycles. The van der Waals surface area contributed by atoms with Gasteiger partial charge in [0.05, 0.1) is 0 Å². The molecule has 0 atom stereocenters. The summed E-state index contributed by atoms with van der Waals surface area (Å²) >= 11 is 0. The third-order valence-corrected chi connectivity index (χ3v) is 2.81. The Labute approximate surface area is 100.0 Å². The monoisotopic (exact) mass is 229 g/mol. The number of nitrogens with zero attached hydrogens (tertiary/aromatic N) is 1. The molecular weight excluding hydrogens is 214 g/mol. The molecule has 0 fully saturated rings. The fourth-order valence-corrected chi connectivity index (χ4v) is 2.05. The van der Waals surface area contributed by atoms with Crippen molar-refractivity contribution < 1.29 is 9.90 Å². The molecule has 0 spiro atoms. The highest BCUT2D eigenvalue weighted by atomic mass is 16.4. The summed E-state index contributed by atoms with van der Waals surface area (Å²) in [6.07, 6.45) is 4.60. The van der Waals surface area contributed by atoms with Gasteiger partial charge in [0.2, 0.25) is 0 Å². The first kappa shape index (κ1) is 11.5. The Balaban J connectivity index is 2.41. The van der Waals surface area contributed by atoms with Gasteiger partial charge in [-0.3, -0.25) is 4.79 Å². The van der Waals surface area contributed by atoms with Crippen molar-refractivity contribution in [1.82, 2.24) is 4.57 Å². The van der Waals surface area contributed by atoms with E-state index in [9.17, 15) is 4.79 Å². The average Bonchev–Trinajstić information content (AvgIpc) is 2.66. The second-order valence-electron chi connectivity index (χ2n) is 4.01. The molecule has 0 bridgehead atoms. The van der Waals surface area contributed by atoms with E-state index in [4.69, 9.17) is 5.11 Å². The summed E-state index contributed by atoms with van der Waals surface area (Å²) in [4.78, 5) is 10.6. The van der Waals surface area contributed by atoms with Crippen molar-refractivity contribution in [3.8, 4) is 0 Å². The van der Waals surface area contributed by atoms with Gasteiger partial charge < -0.3 is 9.67 Å². The van der Waals surface area contributed by atoms with E-state index in [2.05, 4.69) is 11.1 Å². The number of aromatic nitrogens is 1. The predicted octanol–water partition coefficient (Wildman–Crippen LogP) is 2.84. The van der Waals surface area contributed by atoms with Crippen LogP contribution in [0.4, 0.5) is 0 Å². The zero-order valence-electron chi connectivity index (χ0n) is 9.60. The van der Waals surface area contributed by atoms with Gasteiger partial charge in [-0.1, -0.05) is 24.3 Å². The fourth-order valence-electron chi connectivity index (χ4n) is 2.05. The lowest BCUT2D eigenvalue weighted by Gasteiger charge is -1.99. The molecule has 0 radical (unpaired) electrons. The van der Waals surface area contributed by atoms with Crippen LogP contribution < -0.4 is 0 Å². The highest BCUT2D eigenvalue weighted by Crippen LogP contribution is 2.22. The minimum absolute atomic E-state index is 0.169. The molecule has 3 nitrogen and oxygen atoms in total. The summed E-state index contributed by atoms with van der Waals surface area (Å²) in [7, 11) is 0. The number of aliphatic carboxylic acids is 1. The summed E-state index contributed by atoms with van der Waals surface area (Å²) in [5.41, 5.74) is 2.22. The quantitative estimate of drug-likeness (QED) is 0.801. The summed E-state index contributed by atoms with van der Waals surface area (Å²) in [5, 5.41) is 9.87. The molecule has 1 N–H and O–H groups in total. The number of aryl methyl sites for hydroxylation is 1. The third kappa shape index (κ3) is 2.38. The minimum atomic E-state index is -0.759. The molecule has 0 aliphatic carbocycles. The second-order valence-corrected chi connectivity index (χ2v) is 4.01. The van der Waals surface area contributed by atoms with E-state index in [0.29, 0.717) is 6.42 Å². The van der Waals surface area contributed by atoms with Crippen LogP contribution in [0.5, 0.6) is 0 Å². The van der Waals surface area contributed by atoms with E-state index in [1.54, 1.807) is 0 Å². The molecular formula is C14H15NO2. The molecule has 0 unspecified atom stereocenters. The number of rotatable bonds is 5. The van der Waals surface area contributed by atoms with E-state index < -0.39 is 5.97 Å². The highest BCUT2D eigenvalue weighted by molar-refractivity contribution is 5.84. The molecule has 3 heteroatoms. The van der Waals surface area contributed by atoms with Crippen molar-refractivity contribution in [1.29, 1.82) is 0 Å². The average molecular weight is 229 g/mol. The topological polar surface area (TPSA) is 42.2 Å². The lowest BCUT2D eigenvalue weighted by atomic mass is 10.1. The van der Waals surface area contributed by atoms with Gasteiger partial charge in [0, 0.05) is 30.1 Å². The van der Waals surface area contributed by atoms with E-state index >= 15 is 0 Å². The number of benzene rings is 1. The third-order valence-electron chi connectivity index (χ3n) is 2.81. The molecule has 0 saturated carbocycles. The molecule has 0 saturated heterocycles. The summed E-state index contributed by atoms with van der Waals surface area (Å²) in [6.45, 7) is 4.47. The van der Waals surface area contributed by atoms with Gasteiger partial charge in [0.1, 0.15) is 0 Å². The Morgan fingerprint density at radius 3 is 2.88 bits per heavy atom. The Morgan fingerprint density at radius 1 is 1.41 bits per heavy atom. The zero-order chi connectivity index (χ0) is 12.3. The molecule has 2 aromatic rings. The maximum absolute atomic E-state index is 10.6. The zero-order valence-corrected chi connectivity index (χ0v) is 9.60. The Hall–Kier alpha value is -2.03. The summed E-state index contributed by atoms with van der Waals surface area (Å²) < 4.78 is 2.10. The molecule has 17 heavy (non-hydrogen) atoms. The SMILES string of the molecule is C=CCn1cc(CCC(=O)O)c2ccccc21. The van der Waals surface area contributed by atoms with Gasteiger partial charge in [-0.05, 0) is 18.1 Å². The maximum atomic E-state index is 10.6. The van der Waals surface area contributed by atoms with E-state index in [0.717, 1.165) is 23.0 Å². The highest BCUT2D eigenvalue weighted by Gasteiger charge is 2.08. The lowest BCUT2D eigenvalue weighted by molar-refractivity contribution is -0.136. The van der Waals surface area contributed by atoms with Gasteiger partial charge in [0.15, 0.2) is 0 Å². The number of para-hydroxylation sites is 1. The van der Waals surface area contributed by atoms with Crippen LogP contribution in [0.25, 0.3) is 10.9 Å². The van der Waals surface area contributed by atoms with Crippen molar-refractivity contribution in [2.75, 3.05) is 0 Å². The Morgan fingerprint density at radius 2 is 2.18 bits per heavy atom. The normalized spacial score (nSPS) is 10.6. The van der Waals surface area contributed by atoms with E-state index in [-0.39, 0.29) is 6.42 Å². The van der Waals surface area contributed by atoms with Crippen LogP contribution in [0.3, 0.4) is 0 Å². The number of hydrogen-bond acceptors (Lipinski definition) is 1. The molecule has 88 valence electrons. The molecule has 0 amide bonds. The van der Waals surface area contributed by atoms with Crippen molar-refractivity contribution >= 4 is 16.9 Å². The van der Waals surface area contributed by atoms with Gasteiger partial charge in [0.25, 0.3) is 0 Å². The van der Waals surface area contributed by atoms with Gasteiger partial charge in [-0.2, -0.15) is 0 Å². The number of hydrogen-bond donors (Lipinski definition) is 1. The van der Waals surface area contributed by atoms with Crippen LogP contribution in [0.15, 0.2) is 43.1 Å². The summed E-state index contributed by atoms with van der Waals surface area (Å²) in [6, 6.07) is 8.04. The van der Waals surface area contributed by atoms with Crippen LogP contribution in [-0.4, -0.2) is 15.6 Å². The molecule has 1 aromatic carbocycles. The van der Waals surface area contributed by atoms with Crippen LogP contribution in [0.2, 0.25) is 0 Å². The lowest BCUT2D eigenvalue weighted by Crippen LogP contribution is -1.97. The number of carbonyl (C=O) groups is 1.